The molecule has 7 heteroatoms. The van der Waals surface area contributed by atoms with Crippen LogP contribution in [0.3, 0.4) is 0 Å². The number of nitrogens with zero attached hydrogens (tertiary/aromatic N) is 2. The lowest BCUT2D eigenvalue weighted by molar-refractivity contribution is -0.159. The fraction of sp³-hybridized carbons (Fsp3) is 0.389. The van der Waals surface area contributed by atoms with Gasteiger partial charge in [0.05, 0.1) is 18.8 Å². The van der Waals surface area contributed by atoms with Gasteiger partial charge in [-0.15, -0.1) is 0 Å². The van der Waals surface area contributed by atoms with E-state index in [4.69, 9.17) is 14.3 Å². The molecular weight excluding hydrogens is 324 g/mol. The van der Waals surface area contributed by atoms with Crippen LogP contribution in [0.1, 0.15) is 18.0 Å². The first-order valence-corrected chi connectivity index (χ1v) is 8.18. The predicted molar refractivity (Wildman–Crippen MR) is 89.0 cm³/mol. The molecule has 1 aromatic heterocycles. The molecule has 1 saturated heterocycles. The van der Waals surface area contributed by atoms with E-state index < -0.39 is 12.1 Å². The summed E-state index contributed by atoms with van der Waals surface area (Å²) in [6.07, 6.45) is -0.353. The maximum Gasteiger partial charge on any atom is 0.334 e. The minimum atomic E-state index is -1.05. The molecule has 132 valence electrons. The number of aromatic nitrogens is 1. The van der Waals surface area contributed by atoms with Gasteiger partial charge in [-0.05, 0) is 6.92 Å². The van der Waals surface area contributed by atoms with Gasteiger partial charge in [-0.25, -0.2) is 9.78 Å². The van der Waals surface area contributed by atoms with Gasteiger partial charge in [-0.1, -0.05) is 30.3 Å². The molecule has 0 bridgehead atoms. The summed E-state index contributed by atoms with van der Waals surface area (Å²) in [5.41, 5.74) is 1.73. The Morgan fingerprint density at radius 3 is 2.80 bits per heavy atom. The van der Waals surface area contributed by atoms with Crippen molar-refractivity contribution in [2.24, 2.45) is 0 Å². The van der Waals surface area contributed by atoms with Crippen LogP contribution in [0.5, 0.6) is 0 Å². The normalized spacial score (nSPS) is 17.5. The lowest BCUT2D eigenvalue weighted by Crippen LogP contribution is -2.48. The lowest BCUT2D eigenvalue weighted by atomic mass is 10.1. The van der Waals surface area contributed by atoms with Crippen molar-refractivity contribution in [2.75, 3.05) is 19.7 Å². The van der Waals surface area contributed by atoms with Crippen molar-refractivity contribution < 1.29 is 23.8 Å². The summed E-state index contributed by atoms with van der Waals surface area (Å²) in [7, 11) is 0. The van der Waals surface area contributed by atoms with Crippen molar-refractivity contribution in [3.8, 4) is 11.3 Å². The van der Waals surface area contributed by atoms with Gasteiger partial charge < -0.3 is 19.2 Å². The molecule has 1 amide bonds. The average Bonchev–Trinajstić information content (AvgIpc) is 3.01. The minimum Gasteiger partial charge on any atom is -0.479 e. The monoisotopic (exact) mass is 344 g/mol. The number of carboxylic acids is 1. The first-order chi connectivity index (χ1) is 12.0. The third-order valence-electron chi connectivity index (χ3n) is 4.12. The number of aryl methyl sites for hydroxylation is 2. The van der Waals surface area contributed by atoms with Crippen molar-refractivity contribution in [1.29, 1.82) is 0 Å². The van der Waals surface area contributed by atoms with Crippen molar-refractivity contribution in [3.63, 3.8) is 0 Å². The molecule has 1 aromatic carbocycles. The number of carbonyl (C=O) groups is 2. The Balaban J connectivity index is 1.60. The van der Waals surface area contributed by atoms with E-state index in [0.717, 1.165) is 11.3 Å². The number of aliphatic carboxylic acids is 1. The van der Waals surface area contributed by atoms with E-state index in [9.17, 15) is 9.59 Å². The zero-order valence-electron chi connectivity index (χ0n) is 14.0. The second-order valence-corrected chi connectivity index (χ2v) is 5.93. The van der Waals surface area contributed by atoms with Crippen LogP contribution in [0.4, 0.5) is 0 Å². The van der Waals surface area contributed by atoms with Gasteiger partial charge in [0.1, 0.15) is 0 Å². The van der Waals surface area contributed by atoms with Gasteiger partial charge in [0.15, 0.2) is 17.8 Å². The molecule has 7 nitrogen and oxygen atoms in total. The summed E-state index contributed by atoms with van der Waals surface area (Å²) in [6.45, 7) is 2.59. The second-order valence-electron chi connectivity index (χ2n) is 5.93. The maximum atomic E-state index is 12.3. The summed E-state index contributed by atoms with van der Waals surface area (Å²) >= 11 is 0. The van der Waals surface area contributed by atoms with Gasteiger partial charge in [-0.3, -0.25) is 4.79 Å². The topological polar surface area (TPSA) is 92.9 Å². The fourth-order valence-corrected chi connectivity index (χ4v) is 2.81. The third kappa shape index (κ3) is 4.06. The average molecular weight is 344 g/mol. The highest BCUT2D eigenvalue weighted by Gasteiger charge is 2.28. The van der Waals surface area contributed by atoms with E-state index in [0.29, 0.717) is 24.6 Å². The lowest BCUT2D eigenvalue weighted by Gasteiger charge is -2.30. The minimum absolute atomic E-state index is 0.0774. The number of carboxylic acid groups (broad SMARTS) is 1. The van der Waals surface area contributed by atoms with E-state index in [2.05, 4.69) is 4.98 Å². The molecule has 0 saturated carbocycles. The van der Waals surface area contributed by atoms with E-state index in [1.807, 2.05) is 37.3 Å². The maximum absolute atomic E-state index is 12.3. The Labute approximate surface area is 145 Å². The summed E-state index contributed by atoms with van der Waals surface area (Å²) in [4.78, 5) is 29.2. The largest absolute Gasteiger partial charge is 0.479 e. The SMILES string of the molecule is Cc1nc(CCC(=O)N2CCO[C@H](C(=O)O)C2)oc1-c1ccccc1. The first kappa shape index (κ1) is 17.2. The van der Waals surface area contributed by atoms with Crippen molar-refractivity contribution in [3.05, 3.63) is 41.9 Å². The summed E-state index contributed by atoms with van der Waals surface area (Å²) < 4.78 is 10.9. The van der Waals surface area contributed by atoms with Gasteiger partial charge in [0, 0.05) is 24.9 Å². The zero-order chi connectivity index (χ0) is 17.8. The second kappa shape index (κ2) is 7.48. The van der Waals surface area contributed by atoms with E-state index in [-0.39, 0.29) is 25.5 Å². The number of hydrogen-bond acceptors (Lipinski definition) is 5. The molecule has 0 spiro atoms. The highest BCUT2D eigenvalue weighted by Crippen LogP contribution is 2.24. The van der Waals surface area contributed by atoms with Crippen LogP contribution in [0, 0.1) is 6.92 Å². The molecule has 2 aromatic rings. The van der Waals surface area contributed by atoms with Gasteiger partial charge in [0.2, 0.25) is 5.91 Å². The Hall–Kier alpha value is -2.67. The molecular formula is C18H20N2O5. The van der Waals surface area contributed by atoms with Crippen LogP contribution in [0.25, 0.3) is 11.3 Å². The summed E-state index contributed by atoms with van der Waals surface area (Å²) in [5.74, 6) is 0.0492. The van der Waals surface area contributed by atoms with E-state index >= 15 is 0 Å². The molecule has 1 fully saturated rings. The smallest absolute Gasteiger partial charge is 0.334 e. The number of morpholine rings is 1. The number of benzene rings is 1. The van der Waals surface area contributed by atoms with Crippen LogP contribution in [-0.4, -0.2) is 52.7 Å². The quantitative estimate of drug-likeness (QED) is 0.890. The van der Waals surface area contributed by atoms with Crippen LogP contribution in [0.15, 0.2) is 34.7 Å². The molecule has 0 unspecified atom stereocenters. The Morgan fingerprint density at radius 2 is 2.08 bits per heavy atom. The van der Waals surface area contributed by atoms with Gasteiger partial charge >= 0.3 is 5.97 Å². The summed E-state index contributed by atoms with van der Waals surface area (Å²) in [6, 6.07) is 9.68. The van der Waals surface area contributed by atoms with Gasteiger partial charge in [-0.2, -0.15) is 0 Å². The zero-order valence-corrected chi connectivity index (χ0v) is 14.0. The molecule has 25 heavy (non-hydrogen) atoms. The predicted octanol–water partition coefficient (Wildman–Crippen LogP) is 1.89. The highest BCUT2D eigenvalue weighted by atomic mass is 16.5. The fourth-order valence-electron chi connectivity index (χ4n) is 2.81. The Morgan fingerprint density at radius 1 is 1.32 bits per heavy atom. The molecule has 0 aliphatic carbocycles. The Bertz CT molecular complexity index is 756. The number of ether oxygens (including phenoxy) is 1. The number of amides is 1. The molecule has 3 rings (SSSR count). The number of rotatable bonds is 5. The van der Waals surface area contributed by atoms with Crippen molar-refractivity contribution in [1.82, 2.24) is 9.88 Å². The Kier molecular flexibility index (Phi) is 5.14. The number of hydrogen-bond donors (Lipinski definition) is 1. The van der Waals surface area contributed by atoms with Crippen molar-refractivity contribution >= 4 is 11.9 Å². The molecule has 1 N–H and O–H groups in total. The van der Waals surface area contributed by atoms with Crippen LogP contribution in [0.2, 0.25) is 0 Å². The van der Waals surface area contributed by atoms with Crippen LogP contribution < -0.4 is 0 Å². The first-order valence-electron chi connectivity index (χ1n) is 8.18. The van der Waals surface area contributed by atoms with Crippen LogP contribution >= 0.6 is 0 Å². The molecule has 1 aliphatic rings. The van der Waals surface area contributed by atoms with E-state index in [1.165, 1.54) is 4.90 Å². The molecule has 1 atom stereocenters. The summed E-state index contributed by atoms with van der Waals surface area (Å²) in [5, 5.41) is 9.00. The molecule has 0 radical (unpaired) electrons. The standard InChI is InChI=1S/C18H20N2O5/c1-12-17(13-5-3-2-4-6-13)25-15(19-12)7-8-16(21)20-9-10-24-14(11-20)18(22)23/h2-6,14H,7-11H2,1H3,(H,22,23)/t14-/m0/s1. The van der Waals surface area contributed by atoms with E-state index in [1.54, 1.807) is 0 Å². The number of carbonyl (C=O) groups excluding carboxylic acids is 1. The van der Waals surface area contributed by atoms with Gasteiger partial charge in [0.25, 0.3) is 0 Å². The number of oxazole rings is 1. The molecule has 2 heterocycles. The highest BCUT2D eigenvalue weighted by molar-refractivity contribution is 5.78. The molecule has 1 aliphatic heterocycles. The van der Waals surface area contributed by atoms with Crippen LogP contribution in [-0.2, 0) is 20.7 Å². The third-order valence-corrected chi connectivity index (χ3v) is 4.12. The van der Waals surface area contributed by atoms with Crippen molar-refractivity contribution in [2.45, 2.75) is 25.9 Å².